The summed E-state index contributed by atoms with van der Waals surface area (Å²) in [6.07, 6.45) is 0.0816. The van der Waals surface area contributed by atoms with Gasteiger partial charge in [0.15, 0.2) is 6.10 Å². The van der Waals surface area contributed by atoms with Crippen molar-refractivity contribution in [2.24, 2.45) is 0 Å². The molecule has 0 saturated heterocycles. The summed E-state index contributed by atoms with van der Waals surface area (Å²) in [6, 6.07) is 14.6. The topological polar surface area (TPSA) is 55.4 Å². The molecule has 126 valence electrons. The van der Waals surface area contributed by atoms with Crippen LogP contribution in [-0.4, -0.2) is 18.0 Å². The van der Waals surface area contributed by atoms with Gasteiger partial charge in [-0.15, -0.1) is 0 Å². The van der Waals surface area contributed by atoms with E-state index < -0.39 is 12.1 Å². The van der Waals surface area contributed by atoms with Gasteiger partial charge in [0.25, 0.3) is 5.91 Å². The second-order valence-corrected chi connectivity index (χ2v) is 5.85. The summed E-state index contributed by atoms with van der Waals surface area (Å²) in [6.45, 7) is 3.61. The quantitative estimate of drug-likeness (QED) is 0.804. The van der Waals surface area contributed by atoms with Crippen molar-refractivity contribution in [1.29, 1.82) is 0 Å². The maximum Gasteiger partial charge on any atom is 0.311 e. The Morgan fingerprint density at radius 2 is 1.79 bits per heavy atom. The number of hydrogen-bond acceptors (Lipinski definition) is 3. The molecule has 0 radical (unpaired) electrons. The molecule has 0 saturated carbocycles. The summed E-state index contributed by atoms with van der Waals surface area (Å²) in [7, 11) is 0. The van der Waals surface area contributed by atoms with E-state index in [1.165, 1.54) is 5.56 Å². The van der Waals surface area contributed by atoms with Crippen molar-refractivity contribution in [2.45, 2.75) is 32.8 Å². The van der Waals surface area contributed by atoms with Crippen LogP contribution >= 0.6 is 11.6 Å². The van der Waals surface area contributed by atoms with Crippen molar-refractivity contribution in [3.8, 4) is 0 Å². The first-order valence-electron chi connectivity index (χ1n) is 7.82. The normalized spacial score (nSPS) is 11.6. The lowest BCUT2D eigenvalue weighted by molar-refractivity contribution is -0.152. The number of esters is 1. The fourth-order valence-electron chi connectivity index (χ4n) is 2.16. The van der Waals surface area contributed by atoms with E-state index in [1.807, 2.05) is 24.3 Å². The maximum absolute atomic E-state index is 12.1. The predicted molar refractivity (Wildman–Crippen MR) is 95.2 cm³/mol. The van der Waals surface area contributed by atoms with Crippen LogP contribution in [0.3, 0.4) is 0 Å². The van der Waals surface area contributed by atoms with E-state index >= 15 is 0 Å². The average Bonchev–Trinajstić information content (AvgIpc) is 2.57. The number of carbonyl (C=O) groups excluding carboxylic acids is 2. The monoisotopic (exact) mass is 345 g/mol. The zero-order chi connectivity index (χ0) is 17.5. The van der Waals surface area contributed by atoms with Crippen LogP contribution in [0.5, 0.6) is 0 Å². The molecule has 0 aliphatic rings. The van der Waals surface area contributed by atoms with E-state index in [2.05, 4.69) is 12.2 Å². The molecule has 0 heterocycles. The van der Waals surface area contributed by atoms with Crippen LogP contribution in [0.15, 0.2) is 48.5 Å². The van der Waals surface area contributed by atoms with Crippen molar-refractivity contribution in [1.82, 2.24) is 0 Å². The summed E-state index contributed by atoms with van der Waals surface area (Å²) >= 11 is 6.01. The molecule has 0 bridgehead atoms. The summed E-state index contributed by atoms with van der Waals surface area (Å²) < 4.78 is 5.18. The van der Waals surface area contributed by atoms with Crippen molar-refractivity contribution in [3.05, 3.63) is 64.7 Å². The highest BCUT2D eigenvalue weighted by Crippen LogP contribution is 2.16. The Morgan fingerprint density at radius 3 is 2.42 bits per heavy atom. The molecule has 4 nitrogen and oxygen atoms in total. The Labute approximate surface area is 146 Å². The van der Waals surface area contributed by atoms with Gasteiger partial charge in [-0.3, -0.25) is 9.59 Å². The molecule has 0 unspecified atom stereocenters. The predicted octanol–water partition coefficient (Wildman–Crippen LogP) is 4.02. The zero-order valence-electron chi connectivity index (χ0n) is 13.7. The van der Waals surface area contributed by atoms with Gasteiger partial charge in [-0.1, -0.05) is 48.9 Å². The van der Waals surface area contributed by atoms with E-state index in [4.69, 9.17) is 16.3 Å². The van der Waals surface area contributed by atoms with Crippen LogP contribution < -0.4 is 5.32 Å². The largest absolute Gasteiger partial charge is 0.452 e. The number of amides is 1. The number of ether oxygens (including phenoxy) is 1. The first-order valence-corrected chi connectivity index (χ1v) is 8.20. The lowest BCUT2D eigenvalue weighted by Gasteiger charge is -2.14. The minimum absolute atomic E-state index is 0.0302. The van der Waals surface area contributed by atoms with Crippen molar-refractivity contribution in [3.63, 3.8) is 0 Å². The fraction of sp³-hybridized carbons (Fsp3) is 0.263. The second-order valence-electron chi connectivity index (χ2n) is 5.44. The Bertz CT molecular complexity index is 713. The average molecular weight is 346 g/mol. The summed E-state index contributed by atoms with van der Waals surface area (Å²) in [5.74, 6) is -0.862. The number of benzene rings is 2. The van der Waals surface area contributed by atoms with E-state index in [-0.39, 0.29) is 12.3 Å². The SMILES string of the molecule is CCc1ccc(NC(=O)[C@@H](C)OC(=O)Cc2ccccc2Cl)cc1. The molecule has 0 aliphatic carbocycles. The van der Waals surface area contributed by atoms with Crippen molar-refractivity contribution < 1.29 is 14.3 Å². The van der Waals surface area contributed by atoms with E-state index in [0.29, 0.717) is 16.3 Å². The molecule has 5 heteroatoms. The molecule has 0 aromatic heterocycles. The van der Waals surface area contributed by atoms with Gasteiger partial charge in [-0.25, -0.2) is 0 Å². The molecule has 1 atom stereocenters. The van der Waals surface area contributed by atoms with Gasteiger partial charge >= 0.3 is 5.97 Å². The fourth-order valence-corrected chi connectivity index (χ4v) is 2.36. The summed E-state index contributed by atoms with van der Waals surface area (Å²) in [5.41, 5.74) is 2.53. The molecular weight excluding hydrogens is 326 g/mol. The number of halogens is 1. The van der Waals surface area contributed by atoms with Crippen LogP contribution in [0.4, 0.5) is 5.69 Å². The molecule has 1 amide bonds. The molecule has 2 rings (SSSR count). The van der Waals surface area contributed by atoms with Gasteiger partial charge in [0.05, 0.1) is 6.42 Å². The minimum atomic E-state index is -0.883. The third-order valence-electron chi connectivity index (χ3n) is 3.60. The third kappa shape index (κ3) is 5.10. The highest BCUT2D eigenvalue weighted by Gasteiger charge is 2.18. The molecule has 1 N–H and O–H groups in total. The molecule has 0 aliphatic heterocycles. The molecular formula is C19H20ClNO3. The highest BCUT2D eigenvalue weighted by atomic mass is 35.5. The van der Waals surface area contributed by atoms with Gasteiger partial charge in [0.1, 0.15) is 0 Å². The van der Waals surface area contributed by atoms with Crippen LogP contribution in [0.25, 0.3) is 0 Å². The number of carbonyl (C=O) groups is 2. The number of aryl methyl sites for hydroxylation is 1. The maximum atomic E-state index is 12.1. The van der Waals surface area contributed by atoms with E-state index in [1.54, 1.807) is 31.2 Å². The molecule has 2 aromatic carbocycles. The minimum Gasteiger partial charge on any atom is -0.452 e. The standard InChI is InChI=1S/C19H20ClNO3/c1-3-14-8-10-16(11-9-14)21-19(23)13(2)24-18(22)12-15-6-4-5-7-17(15)20/h4-11,13H,3,12H2,1-2H3,(H,21,23)/t13-/m1/s1. The number of anilines is 1. The molecule has 0 spiro atoms. The van der Waals surface area contributed by atoms with Crippen molar-refractivity contribution in [2.75, 3.05) is 5.32 Å². The Kier molecular flexibility index (Phi) is 6.38. The first-order chi connectivity index (χ1) is 11.5. The van der Waals surface area contributed by atoms with Gasteiger partial charge < -0.3 is 10.1 Å². The first kappa shape index (κ1) is 18.0. The van der Waals surface area contributed by atoms with E-state index in [9.17, 15) is 9.59 Å². The van der Waals surface area contributed by atoms with E-state index in [0.717, 1.165) is 6.42 Å². The Morgan fingerprint density at radius 1 is 1.12 bits per heavy atom. The molecule has 0 fully saturated rings. The highest BCUT2D eigenvalue weighted by molar-refractivity contribution is 6.31. The Hall–Kier alpha value is -2.33. The van der Waals surface area contributed by atoms with Crippen molar-refractivity contribution >= 4 is 29.2 Å². The van der Waals surface area contributed by atoms with Gasteiger partial charge in [0, 0.05) is 10.7 Å². The second kappa shape index (κ2) is 8.50. The number of nitrogens with one attached hydrogen (secondary N) is 1. The van der Waals surface area contributed by atoms with Crippen LogP contribution in [0, 0.1) is 0 Å². The third-order valence-corrected chi connectivity index (χ3v) is 3.97. The number of rotatable bonds is 6. The van der Waals surface area contributed by atoms with Crippen LogP contribution in [0.2, 0.25) is 5.02 Å². The molecule has 2 aromatic rings. The lowest BCUT2D eigenvalue weighted by atomic mass is 10.1. The number of hydrogen-bond donors (Lipinski definition) is 1. The van der Waals surface area contributed by atoms with Gasteiger partial charge in [-0.05, 0) is 42.7 Å². The van der Waals surface area contributed by atoms with Crippen LogP contribution in [-0.2, 0) is 27.2 Å². The lowest BCUT2D eigenvalue weighted by Crippen LogP contribution is -2.30. The summed E-state index contributed by atoms with van der Waals surface area (Å²) in [5, 5.41) is 3.23. The van der Waals surface area contributed by atoms with Gasteiger partial charge in [-0.2, -0.15) is 0 Å². The Balaban J connectivity index is 1.88. The van der Waals surface area contributed by atoms with Gasteiger partial charge in [0.2, 0.25) is 0 Å². The smallest absolute Gasteiger partial charge is 0.311 e. The zero-order valence-corrected chi connectivity index (χ0v) is 14.5. The summed E-state index contributed by atoms with van der Waals surface area (Å²) in [4.78, 5) is 24.1. The molecule has 24 heavy (non-hydrogen) atoms. The van der Waals surface area contributed by atoms with Crippen LogP contribution in [0.1, 0.15) is 25.0 Å².